The molecule has 1 heterocycles. The SMILES string of the molecule is O=C(OC1(C(=O)N2CCCCC2)c2ccccc2-c2ccccc21)c1ccccc1. The maximum atomic E-state index is 14.1. The lowest BCUT2D eigenvalue weighted by molar-refractivity contribution is -0.149. The third-order valence-electron chi connectivity index (χ3n) is 6.10. The minimum absolute atomic E-state index is 0.149. The van der Waals surface area contributed by atoms with Crippen molar-refractivity contribution in [2.75, 3.05) is 13.1 Å². The lowest BCUT2D eigenvalue weighted by Crippen LogP contribution is -2.51. The second-order valence-electron chi connectivity index (χ2n) is 7.88. The van der Waals surface area contributed by atoms with Crippen molar-refractivity contribution >= 4 is 11.9 Å². The number of piperidine rings is 1. The van der Waals surface area contributed by atoms with Crippen LogP contribution in [0.4, 0.5) is 0 Å². The van der Waals surface area contributed by atoms with Crippen molar-refractivity contribution in [3.63, 3.8) is 0 Å². The average molecular weight is 397 g/mol. The number of carbonyl (C=O) groups excluding carboxylic acids is 2. The first-order chi connectivity index (χ1) is 14.7. The van der Waals surface area contributed by atoms with E-state index in [1.54, 1.807) is 24.3 Å². The number of benzene rings is 3. The summed E-state index contributed by atoms with van der Waals surface area (Å²) in [4.78, 5) is 29.1. The van der Waals surface area contributed by atoms with E-state index in [1.807, 2.05) is 59.5 Å². The Hall–Kier alpha value is -3.40. The summed E-state index contributed by atoms with van der Waals surface area (Å²) in [6.45, 7) is 1.38. The summed E-state index contributed by atoms with van der Waals surface area (Å²) in [5.74, 6) is -0.642. The minimum atomic E-state index is -1.46. The van der Waals surface area contributed by atoms with Crippen LogP contribution in [0.1, 0.15) is 40.7 Å². The van der Waals surface area contributed by atoms with E-state index in [-0.39, 0.29) is 5.91 Å². The monoisotopic (exact) mass is 397 g/mol. The molecule has 4 nitrogen and oxygen atoms in total. The van der Waals surface area contributed by atoms with Gasteiger partial charge in [-0.3, -0.25) is 4.79 Å². The summed E-state index contributed by atoms with van der Waals surface area (Å²) in [7, 11) is 0. The van der Waals surface area contributed by atoms with Crippen LogP contribution in [0, 0.1) is 0 Å². The molecule has 30 heavy (non-hydrogen) atoms. The van der Waals surface area contributed by atoms with Crippen molar-refractivity contribution in [1.82, 2.24) is 4.90 Å². The number of hydrogen-bond acceptors (Lipinski definition) is 3. The molecule has 3 aromatic rings. The Kier molecular flexibility index (Phi) is 4.62. The van der Waals surface area contributed by atoms with E-state index in [0.717, 1.165) is 41.5 Å². The average Bonchev–Trinajstić information content (AvgIpc) is 3.11. The Morgan fingerprint density at radius 1 is 0.700 bits per heavy atom. The summed E-state index contributed by atoms with van der Waals surface area (Å²) in [5, 5.41) is 0. The Bertz CT molecular complexity index is 1050. The molecule has 1 amide bonds. The highest BCUT2D eigenvalue weighted by Gasteiger charge is 2.54. The molecule has 5 rings (SSSR count). The zero-order valence-corrected chi connectivity index (χ0v) is 16.7. The maximum Gasteiger partial charge on any atom is 0.339 e. The van der Waals surface area contributed by atoms with Crippen LogP contribution in [0.3, 0.4) is 0 Å². The Morgan fingerprint density at radius 2 is 1.23 bits per heavy atom. The minimum Gasteiger partial charge on any atom is -0.435 e. The van der Waals surface area contributed by atoms with Gasteiger partial charge in [-0.25, -0.2) is 4.79 Å². The van der Waals surface area contributed by atoms with Crippen LogP contribution >= 0.6 is 0 Å². The highest BCUT2D eigenvalue weighted by molar-refractivity contribution is 6.02. The van der Waals surface area contributed by atoms with Crippen LogP contribution < -0.4 is 0 Å². The number of likely N-dealkylation sites (tertiary alicyclic amines) is 1. The fourth-order valence-corrected chi connectivity index (χ4v) is 4.67. The summed E-state index contributed by atoms with van der Waals surface area (Å²) in [5.41, 5.74) is 2.35. The van der Waals surface area contributed by atoms with Crippen molar-refractivity contribution in [3.8, 4) is 11.1 Å². The van der Waals surface area contributed by atoms with Crippen molar-refractivity contribution in [2.45, 2.75) is 24.9 Å². The molecule has 4 heteroatoms. The lowest BCUT2D eigenvalue weighted by atomic mass is 9.88. The van der Waals surface area contributed by atoms with E-state index >= 15 is 0 Å². The van der Waals surface area contributed by atoms with Gasteiger partial charge in [-0.1, -0.05) is 66.7 Å². The zero-order chi connectivity index (χ0) is 20.6. The van der Waals surface area contributed by atoms with E-state index in [2.05, 4.69) is 0 Å². The van der Waals surface area contributed by atoms with E-state index in [4.69, 9.17) is 4.74 Å². The number of fused-ring (bicyclic) bond motifs is 3. The summed E-state index contributed by atoms with van der Waals surface area (Å²) in [6.07, 6.45) is 3.06. The molecule has 0 saturated carbocycles. The fraction of sp³-hybridized carbons (Fsp3) is 0.231. The van der Waals surface area contributed by atoms with Crippen LogP contribution in [-0.4, -0.2) is 29.9 Å². The van der Waals surface area contributed by atoms with Crippen LogP contribution in [0.5, 0.6) is 0 Å². The van der Waals surface area contributed by atoms with Gasteiger partial charge < -0.3 is 9.64 Å². The Labute approximate surface area is 176 Å². The molecule has 150 valence electrons. The Balaban J connectivity index is 1.69. The van der Waals surface area contributed by atoms with Crippen LogP contribution in [0.2, 0.25) is 0 Å². The summed E-state index contributed by atoms with van der Waals surface area (Å²) in [6, 6.07) is 24.4. The molecule has 0 bridgehead atoms. The van der Waals surface area contributed by atoms with E-state index in [1.165, 1.54) is 0 Å². The van der Waals surface area contributed by atoms with Crippen LogP contribution in [0.15, 0.2) is 78.9 Å². The predicted octanol–water partition coefficient (Wildman–Crippen LogP) is 4.78. The predicted molar refractivity (Wildman–Crippen MR) is 115 cm³/mol. The number of rotatable bonds is 3. The van der Waals surface area contributed by atoms with Crippen molar-refractivity contribution in [1.29, 1.82) is 0 Å². The van der Waals surface area contributed by atoms with Gasteiger partial charge in [0, 0.05) is 24.2 Å². The molecule has 0 unspecified atom stereocenters. The van der Waals surface area contributed by atoms with E-state index in [0.29, 0.717) is 18.7 Å². The standard InChI is InChI=1S/C26H23NO3/c28-24(19-11-3-1-4-12-19)30-26(25(29)27-17-9-2-10-18-27)22-15-7-5-13-20(22)21-14-6-8-16-23(21)26/h1,3-8,11-16H,2,9-10,17-18H2. The quantitative estimate of drug-likeness (QED) is 0.598. The fourth-order valence-electron chi connectivity index (χ4n) is 4.67. The lowest BCUT2D eigenvalue weighted by Gasteiger charge is -2.37. The summed E-state index contributed by atoms with van der Waals surface area (Å²) < 4.78 is 6.22. The molecule has 1 aliphatic heterocycles. The molecule has 0 radical (unpaired) electrons. The number of esters is 1. The zero-order valence-electron chi connectivity index (χ0n) is 16.7. The first-order valence-electron chi connectivity index (χ1n) is 10.5. The molecule has 0 aromatic heterocycles. The molecule has 1 saturated heterocycles. The first-order valence-corrected chi connectivity index (χ1v) is 10.5. The number of amides is 1. The van der Waals surface area contributed by atoms with Gasteiger partial charge in [0.1, 0.15) is 0 Å². The molecular formula is C26H23NO3. The topological polar surface area (TPSA) is 46.6 Å². The largest absolute Gasteiger partial charge is 0.435 e. The molecule has 1 aliphatic carbocycles. The van der Waals surface area contributed by atoms with E-state index < -0.39 is 11.6 Å². The second kappa shape index (κ2) is 7.45. The van der Waals surface area contributed by atoms with Crippen LogP contribution in [-0.2, 0) is 15.1 Å². The van der Waals surface area contributed by atoms with Gasteiger partial charge in [-0.2, -0.15) is 0 Å². The van der Waals surface area contributed by atoms with Gasteiger partial charge in [0.2, 0.25) is 5.60 Å². The van der Waals surface area contributed by atoms with Gasteiger partial charge in [0.25, 0.3) is 5.91 Å². The van der Waals surface area contributed by atoms with Gasteiger partial charge in [0.05, 0.1) is 5.56 Å². The number of hydrogen-bond donors (Lipinski definition) is 0. The van der Waals surface area contributed by atoms with Gasteiger partial charge in [0.15, 0.2) is 0 Å². The molecular weight excluding hydrogens is 374 g/mol. The Morgan fingerprint density at radius 3 is 1.83 bits per heavy atom. The molecule has 2 aliphatic rings. The summed E-state index contributed by atoms with van der Waals surface area (Å²) >= 11 is 0. The molecule has 0 spiro atoms. The molecule has 3 aromatic carbocycles. The van der Waals surface area contributed by atoms with Crippen molar-refractivity contribution in [2.24, 2.45) is 0 Å². The normalized spacial score (nSPS) is 16.5. The highest BCUT2D eigenvalue weighted by Crippen LogP contribution is 2.51. The third-order valence-corrected chi connectivity index (χ3v) is 6.10. The maximum absolute atomic E-state index is 14.1. The third kappa shape index (κ3) is 2.83. The van der Waals surface area contributed by atoms with Gasteiger partial charge in [-0.05, 0) is 42.5 Å². The molecule has 0 N–H and O–H groups in total. The van der Waals surface area contributed by atoms with Crippen LogP contribution in [0.25, 0.3) is 11.1 Å². The molecule has 1 fully saturated rings. The number of ether oxygens (including phenoxy) is 1. The number of nitrogens with zero attached hydrogens (tertiary/aromatic N) is 1. The smallest absolute Gasteiger partial charge is 0.339 e. The highest BCUT2D eigenvalue weighted by atomic mass is 16.6. The number of carbonyl (C=O) groups is 2. The molecule has 0 atom stereocenters. The van der Waals surface area contributed by atoms with Gasteiger partial charge in [-0.15, -0.1) is 0 Å². The van der Waals surface area contributed by atoms with E-state index in [9.17, 15) is 9.59 Å². The van der Waals surface area contributed by atoms with Gasteiger partial charge >= 0.3 is 5.97 Å². The first kappa shape index (κ1) is 18.6. The second-order valence-corrected chi connectivity index (χ2v) is 7.88. The van der Waals surface area contributed by atoms with Crippen molar-refractivity contribution < 1.29 is 14.3 Å². The van der Waals surface area contributed by atoms with Crippen molar-refractivity contribution in [3.05, 3.63) is 95.6 Å².